The zero-order valence-corrected chi connectivity index (χ0v) is 24.7. The van der Waals surface area contributed by atoms with Crippen LogP contribution in [0.15, 0.2) is 41.5 Å². The van der Waals surface area contributed by atoms with Gasteiger partial charge < -0.3 is 20.7 Å². The number of amides is 3. The Labute approximate surface area is 247 Å². The van der Waals surface area contributed by atoms with Crippen LogP contribution in [0.4, 0.5) is 5.69 Å². The first-order valence-corrected chi connectivity index (χ1v) is 15.2. The Morgan fingerprint density at radius 2 is 1.74 bits per heavy atom. The predicted molar refractivity (Wildman–Crippen MR) is 162 cm³/mol. The SMILES string of the molecule is CC(C)NC(=O)C1CCC(N2C(=NC(=O)c3ccc(C(N)=O)cc3)Cc3cnc(OCCN4CCCCC4)cc32)CC1. The monoisotopic (exact) mass is 574 g/mol. The van der Waals surface area contributed by atoms with Crippen molar-refractivity contribution >= 4 is 29.2 Å². The molecule has 2 aromatic rings. The van der Waals surface area contributed by atoms with Gasteiger partial charge in [-0.3, -0.25) is 19.3 Å². The Morgan fingerprint density at radius 1 is 1.05 bits per heavy atom. The van der Waals surface area contributed by atoms with Crippen molar-refractivity contribution in [3.05, 3.63) is 53.2 Å². The summed E-state index contributed by atoms with van der Waals surface area (Å²) in [5.41, 5.74) is 8.03. The zero-order chi connectivity index (χ0) is 29.6. The Morgan fingerprint density at radius 3 is 2.40 bits per heavy atom. The second kappa shape index (κ2) is 13.5. The number of rotatable bonds is 9. The summed E-state index contributed by atoms with van der Waals surface area (Å²) < 4.78 is 6.09. The van der Waals surface area contributed by atoms with Gasteiger partial charge in [-0.1, -0.05) is 6.42 Å². The molecule has 5 rings (SSSR count). The van der Waals surface area contributed by atoms with Crippen molar-refractivity contribution in [2.75, 3.05) is 31.1 Å². The number of aromatic nitrogens is 1. The molecule has 0 spiro atoms. The van der Waals surface area contributed by atoms with E-state index < -0.39 is 5.91 Å². The van der Waals surface area contributed by atoms with Gasteiger partial charge in [-0.15, -0.1) is 0 Å². The molecule has 1 saturated carbocycles. The first-order valence-electron chi connectivity index (χ1n) is 15.2. The molecule has 42 heavy (non-hydrogen) atoms. The summed E-state index contributed by atoms with van der Waals surface area (Å²) in [6.07, 6.45) is 9.25. The minimum Gasteiger partial charge on any atom is -0.476 e. The van der Waals surface area contributed by atoms with E-state index in [1.807, 2.05) is 26.1 Å². The molecule has 10 nitrogen and oxygen atoms in total. The molecule has 1 aromatic carbocycles. The molecule has 3 N–H and O–H groups in total. The summed E-state index contributed by atoms with van der Waals surface area (Å²) in [5.74, 6) is 0.406. The molecule has 3 heterocycles. The molecule has 1 aliphatic carbocycles. The summed E-state index contributed by atoms with van der Waals surface area (Å²) in [5, 5.41) is 3.05. The number of anilines is 1. The lowest BCUT2D eigenvalue weighted by Gasteiger charge is -2.36. The van der Waals surface area contributed by atoms with Crippen LogP contribution in [-0.2, 0) is 11.2 Å². The van der Waals surface area contributed by atoms with Gasteiger partial charge in [0.2, 0.25) is 17.7 Å². The number of nitrogens with two attached hydrogens (primary N) is 1. The average Bonchev–Trinajstić information content (AvgIpc) is 3.34. The number of carbonyl (C=O) groups is 3. The molecule has 0 bridgehead atoms. The molecule has 0 unspecified atom stereocenters. The first kappa shape index (κ1) is 29.7. The predicted octanol–water partition coefficient (Wildman–Crippen LogP) is 3.73. The number of likely N-dealkylation sites (tertiary alicyclic amines) is 1. The van der Waals surface area contributed by atoms with Crippen LogP contribution in [0.5, 0.6) is 5.88 Å². The fourth-order valence-corrected chi connectivity index (χ4v) is 6.21. The number of nitrogens with one attached hydrogen (secondary N) is 1. The minimum atomic E-state index is -0.545. The molecule has 2 fully saturated rings. The normalized spacial score (nSPS) is 21.8. The highest BCUT2D eigenvalue weighted by Gasteiger charge is 2.36. The number of fused-ring (bicyclic) bond motifs is 1. The Bertz CT molecular complexity index is 1310. The summed E-state index contributed by atoms with van der Waals surface area (Å²) >= 11 is 0. The number of piperidine rings is 1. The summed E-state index contributed by atoms with van der Waals surface area (Å²) in [4.78, 5) is 51.1. The molecule has 1 aromatic heterocycles. The topological polar surface area (TPSA) is 130 Å². The van der Waals surface area contributed by atoms with Crippen LogP contribution in [0.25, 0.3) is 0 Å². The minimum absolute atomic E-state index is 0.0114. The van der Waals surface area contributed by atoms with E-state index in [0.717, 1.165) is 56.6 Å². The van der Waals surface area contributed by atoms with Crippen molar-refractivity contribution in [2.24, 2.45) is 16.6 Å². The van der Waals surface area contributed by atoms with Crippen LogP contribution < -0.4 is 20.7 Å². The molecule has 224 valence electrons. The average molecular weight is 575 g/mol. The molecule has 10 heteroatoms. The van der Waals surface area contributed by atoms with E-state index in [9.17, 15) is 14.4 Å². The quantitative estimate of drug-likeness (QED) is 0.467. The van der Waals surface area contributed by atoms with Crippen LogP contribution >= 0.6 is 0 Å². The lowest BCUT2D eigenvalue weighted by atomic mass is 9.84. The van der Waals surface area contributed by atoms with Crippen LogP contribution in [0, 0.1) is 5.92 Å². The zero-order valence-electron chi connectivity index (χ0n) is 24.7. The number of hydrogen-bond donors (Lipinski definition) is 2. The number of hydrogen-bond acceptors (Lipinski definition) is 6. The fourth-order valence-electron chi connectivity index (χ4n) is 6.21. The second-order valence-corrected chi connectivity index (χ2v) is 11.9. The largest absolute Gasteiger partial charge is 0.476 e. The number of primary amides is 1. The van der Waals surface area contributed by atoms with Gasteiger partial charge in [-0.05, 0) is 89.7 Å². The summed E-state index contributed by atoms with van der Waals surface area (Å²) in [7, 11) is 0. The standard InChI is InChI=1S/C32H42N6O4/c1-21(2)35-31(40)24-10-12-26(13-11-24)38-27-19-29(42-17-16-37-14-4-3-5-15-37)34-20-25(27)18-28(38)36-32(41)23-8-6-22(7-9-23)30(33)39/h6-9,19-21,24,26H,3-5,10-18H2,1-2H3,(H2,33,39)(H,35,40). The first-order chi connectivity index (χ1) is 20.3. The van der Waals surface area contributed by atoms with Crippen LogP contribution in [0.1, 0.15) is 85.1 Å². The van der Waals surface area contributed by atoms with E-state index in [2.05, 4.69) is 25.1 Å². The molecule has 0 atom stereocenters. The molecule has 3 amide bonds. The van der Waals surface area contributed by atoms with Gasteiger partial charge in [-0.25, -0.2) is 4.98 Å². The van der Waals surface area contributed by atoms with Gasteiger partial charge >= 0.3 is 0 Å². The van der Waals surface area contributed by atoms with E-state index in [4.69, 9.17) is 10.5 Å². The number of carbonyl (C=O) groups excluding carboxylic acids is 3. The van der Waals surface area contributed by atoms with E-state index >= 15 is 0 Å². The van der Waals surface area contributed by atoms with Crippen molar-refractivity contribution in [3.8, 4) is 5.88 Å². The van der Waals surface area contributed by atoms with E-state index in [-0.39, 0.29) is 29.8 Å². The van der Waals surface area contributed by atoms with Crippen LogP contribution in [0.3, 0.4) is 0 Å². The maximum atomic E-state index is 13.2. The van der Waals surface area contributed by atoms with Crippen molar-refractivity contribution in [1.82, 2.24) is 15.2 Å². The molecule has 2 aliphatic heterocycles. The van der Waals surface area contributed by atoms with Crippen molar-refractivity contribution in [1.29, 1.82) is 0 Å². The number of pyridine rings is 1. The Hall–Kier alpha value is -3.79. The second-order valence-electron chi connectivity index (χ2n) is 11.9. The van der Waals surface area contributed by atoms with Gasteiger partial charge in [-0.2, -0.15) is 4.99 Å². The van der Waals surface area contributed by atoms with Crippen molar-refractivity contribution in [2.45, 2.75) is 77.3 Å². The molecular weight excluding hydrogens is 532 g/mol. The smallest absolute Gasteiger partial charge is 0.278 e. The lowest BCUT2D eigenvalue weighted by molar-refractivity contribution is -0.126. The molecular formula is C32H42N6O4. The summed E-state index contributed by atoms with van der Waals surface area (Å²) in [6, 6.07) is 8.42. The van der Waals surface area contributed by atoms with Crippen molar-refractivity contribution < 1.29 is 19.1 Å². The highest BCUT2D eigenvalue weighted by Crippen LogP contribution is 2.38. The molecule has 3 aliphatic rings. The Kier molecular flexibility index (Phi) is 9.51. The molecule has 0 radical (unpaired) electrons. The maximum Gasteiger partial charge on any atom is 0.278 e. The highest BCUT2D eigenvalue weighted by atomic mass is 16.5. The van der Waals surface area contributed by atoms with E-state index in [0.29, 0.717) is 35.9 Å². The Balaban J connectivity index is 1.35. The number of ether oxygens (including phenoxy) is 1. The van der Waals surface area contributed by atoms with E-state index in [1.165, 1.54) is 31.4 Å². The van der Waals surface area contributed by atoms with E-state index in [1.54, 1.807) is 12.1 Å². The third-order valence-corrected chi connectivity index (χ3v) is 8.44. The number of nitrogens with zero attached hydrogens (tertiary/aromatic N) is 4. The van der Waals surface area contributed by atoms with Gasteiger partial charge in [0.1, 0.15) is 12.4 Å². The van der Waals surface area contributed by atoms with Crippen molar-refractivity contribution in [3.63, 3.8) is 0 Å². The maximum absolute atomic E-state index is 13.2. The van der Waals surface area contributed by atoms with Crippen LogP contribution in [-0.4, -0.2) is 71.8 Å². The van der Waals surface area contributed by atoms with Gasteiger partial charge in [0.15, 0.2) is 0 Å². The number of aliphatic imine (C=N–C) groups is 1. The third kappa shape index (κ3) is 7.15. The molecule has 1 saturated heterocycles. The van der Waals surface area contributed by atoms with Crippen LogP contribution in [0.2, 0.25) is 0 Å². The lowest BCUT2D eigenvalue weighted by Crippen LogP contribution is -2.44. The third-order valence-electron chi connectivity index (χ3n) is 8.44. The summed E-state index contributed by atoms with van der Waals surface area (Å²) in [6.45, 7) is 7.64. The number of benzene rings is 1. The highest BCUT2D eigenvalue weighted by molar-refractivity contribution is 6.13. The van der Waals surface area contributed by atoms with Gasteiger partial charge in [0, 0.05) is 59.9 Å². The van der Waals surface area contributed by atoms with Gasteiger partial charge in [0.25, 0.3) is 5.91 Å². The van der Waals surface area contributed by atoms with Gasteiger partial charge in [0.05, 0.1) is 5.69 Å². The fraction of sp³-hybridized carbons (Fsp3) is 0.531. The number of amidine groups is 1.